The van der Waals surface area contributed by atoms with Gasteiger partial charge in [-0.05, 0) is 18.6 Å². The molecule has 3 N–H and O–H groups in total. The van der Waals surface area contributed by atoms with Crippen molar-refractivity contribution in [2.75, 3.05) is 18.8 Å². The van der Waals surface area contributed by atoms with Crippen molar-refractivity contribution in [3.05, 3.63) is 0 Å². The Bertz CT molecular complexity index is 190. The van der Waals surface area contributed by atoms with Gasteiger partial charge in [-0.25, -0.2) is 4.79 Å². The smallest absolute Gasteiger partial charge is 0.315 e. The first kappa shape index (κ1) is 9.15. The van der Waals surface area contributed by atoms with Gasteiger partial charge in [-0.2, -0.15) is 0 Å². The Morgan fingerprint density at radius 1 is 1.38 bits per heavy atom. The number of urea groups is 1. The maximum Gasteiger partial charge on any atom is 0.315 e. The normalized spacial score (nSPS) is 28.2. The Balaban J connectivity index is 1.64. The van der Waals surface area contributed by atoms with Crippen LogP contribution in [0, 0.1) is 0 Å². The fourth-order valence-corrected chi connectivity index (χ4v) is 2.60. The second-order valence-corrected chi connectivity index (χ2v) is 4.79. The van der Waals surface area contributed by atoms with Crippen molar-refractivity contribution in [2.24, 2.45) is 0 Å². The second-order valence-electron chi connectivity index (χ2n) is 3.47. The van der Waals surface area contributed by atoms with E-state index in [1.54, 1.807) is 0 Å². The van der Waals surface area contributed by atoms with Gasteiger partial charge >= 0.3 is 6.03 Å². The van der Waals surface area contributed by atoms with Crippen molar-refractivity contribution in [1.82, 2.24) is 16.0 Å². The molecule has 5 heteroatoms. The van der Waals surface area contributed by atoms with Crippen molar-refractivity contribution in [2.45, 2.75) is 24.3 Å². The predicted octanol–water partition coefficient (Wildman–Crippen LogP) is 0.111. The number of carbonyl (C=O) groups excluding carboxylic acids is 1. The van der Waals surface area contributed by atoms with E-state index in [2.05, 4.69) is 16.0 Å². The quantitative estimate of drug-likeness (QED) is 0.594. The summed E-state index contributed by atoms with van der Waals surface area (Å²) in [5, 5.41) is 9.33. The van der Waals surface area contributed by atoms with E-state index >= 15 is 0 Å². The van der Waals surface area contributed by atoms with Crippen molar-refractivity contribution >= 4 is 17.8 Å². The largest absolute Gasteiger partial charge is 0.333 e. The summed E-state index contributed by atoms with van der Waals surface area (Å²) < 4.78 is 0. The SMILES string of the molecule is O=C(NC1CNC1)NC1CCCS1. The number of nitrogens with one attached hydrogen (secondary N) is 3. The van der Waals surface area contributed by atoms with Crippen molar-refractivity contribution in [3.8, 4) is 0 Å². The molecule has 1 atom stereocenters. The van der Waals surface area contributed by atoms with Gasteiger partial charge in [0.05, 0.1) is 11.4 Å². The van der Waals surface area contributed by atoms with Crippen LogP contribution in [0.25, 0.3) is 0 Å². The number of rotatable bonds is 2. The lowest BCUT2D eigenvalue weighted by Gasteiger charge is -2.28. The summed E-state index contributed by atoms with van der Waals surface area (Å²) >= 11 is 1.84. The maximum atomic E-state index is 11.3. The van der Waals surface area contributed by atoms with E-state index in [1.165, 1.54) is 12.2 Å². The zero-order chi connectivity index (χ0) is 9.10. The van der Waals surface area contributed by atoms with E-state index in [0.717, 1.165) is 19.5 Å². The third-order valence-electron chi connectivity index (χ3n) is 2.34. The van der Waals surface area contributed by atoms with Crippen molar-refractivity contribution in [3.63, 3.8) is 0 Å². The molecule has 2 aliphatic rings. The van der Waals surface area contributed by atoms with Crippen LogP contribution in [0.1, 0.15) is 12.8 Å². The van der Waals surface area contributed by atoms with E-state index < -0.39 is 0 Å². The Labute approximate surface area is 82.2 Å². The van der Waals surface area contributed by atoms with Gasteiger partial charge in [-0.1, -0.05) is 0 Å². The van der Waals surface area contributed by atoms with Crippen LogP contribution >= 0.6 is 11.8 Å². The van der Waals surface area contributed by atoms with Crippen LogP contribution in [-0.4, -0.2) is 36.3 Å². The zero-order valence-corrected chi connectivity index (χ0v) is 8.32. The monoisotopic (exact) mass is 201 g/mol. The molecule has 2 fully saturated rings. The van der Waals surface area contributed by atoms with Crippen LogP contribution < -0.4 is 16.0 Å². The van der Waals surface area contributed by atoms with Crippen LogP contribution in [0.5, 0.6) is 0 Å². The summed E-state index contributed by atoms with van der Waals surface area (Å²) in [5.74, 6) is 1.18. The van der Waals surface area contributed by atoms with Gasteiger partial charge in [-0.15, -0.1) is 11.8 Å². The standard InChI is InChI=1S/C8H15N3OS/c12-8(10-6-4-9-5-6)11-7-2-1-3-13-7/h6-7,9H,1-5H2,(H2,10,11,12). The molecule has 13 heavy (non-hydrogen) atoms. The highest BCUT2D eigenvalue weighted by Crippen LogP contribution is 2.23. The Morgan fingerprint density at radius 3 is 2.77 bits per heavy atom. The average molecular weight is 201 g/mol. The van der Waals surface area contributed by atoms with Gasteiger partial charge in [0.15, 0.2) is 0 Å². The summed E-state index contributed by atoms with van der Waals surface area (Å²) in [6.07, 6.45) is 2.33. The highest BCUT2D eigenvalue weighted by molar-refractivity contribution is 8.00. The molecular weight excluding hydrogens is 186 g/mol. The molecule has 2 heterocycles. The van der Waals surface area contributed by atoms with Gasteiger partial charge in [0.2, 0.25) is 0 Å². The van der Waals surface area contributed by atoms with Crippen LogP contribution in [0.3, 0.4) is 0 Å². The summed E-state index contributed by atoms with van der Waals surface area (Å²) in [5.41, 5.74) is 0. The fraction of sp³-hybridized carbons (Fsp3) is 0.875. The zero-order valence-electron chi connectivity index (χ0n) is 7.51. The Kier molecular flexibility index (Phi) is 2.95. The van der Waals surface area contributed by atoms with Crippen LogP contribution in [0.15, 0.2) is 0 Å². The van der Waals surface area contributed by atoms with Gasteiger partial charge in [0, 0.05) is 13.1 Å². The number of thioether (sulfide) groups is 1. The lowest BCUT2D eigenvalue weighted by Crippen LogP contribution is -2.59. The molecule has 0 aromatic rings. The highest BCUT2D eigenvalue weighted by atomic mass is 32.2. The second kappa shape index (κ2) is 4.19. The molecule has 1 unspecified atom stereocenters. The Morgan fingerprint density at radius 2 is 2.23 bits per heavy atom. The summed E-state index contributed by atoms with van der Waals surface area (Å²) in [4.78, 5) is 11.3. The number of hydrogen-bond acceptors (Lipinski definition) is 3. The summed E-state index contributed by atoms with van der Waals surface area (Å²) in [7, 11) is 0. The average Bonchev–Trinajstić information content (AvgIpc) is 2.49. The molecule has 0 bridgehead atoms. The van der Waals surface area contributed by atoms with E-state index in [0.29, 0.717) is 11.4 Å². The minimum absolute atomic E-state index is 0.00843. The molecule has 0 saturated carbocycles. The van der Waals surface area contributed by atoms with Gasteiger partial charge in [0.1, 0.15) is 0 Å². The molecule has 0 radical (unpaired) electrons. The Hall–Kier alpha value is -0.420. The predicted molar refractivity (Wildman–Crippen MR) is 53.8 cm³/mol. The van der Waals surface area contributed by atoms with Gasteiger partial charge < -0.3 is 16.0 Å². The topological polar surface area (TPSA) is 53.2 Å². The molecule has 0 aromatic heterocycles. The van der Waals surface area contributed by atoms with E-state index in [-0.39, 0.29) is 6.03 Å². The molecule has 2 saturated heterocycles. The summed E-state index contributed by atoms with van der Waals surface area (Å²) in [6, 6.07) is 0.331. The van der Waals surface area contributed by atoms with E-state index in [9.17, 15) is 4.79 Å². The van der Waals surface area contributed by atoms with Gasteiger partial charge in [-0.3, -0.25) is 0 Å². The molecule has 4 nitrogen and oxygen atoms in total. The first-order valence-corrected chi connectivity index (χ1v) is 5.79. The molecule has 0 aliphatic carbocycles. The fourth-order valence-electron chi connectivity index (χ4n) is 1.46. The first-order chi connectivity index (χ1) is 6.34. The molecule has 2 rings (SSSR count). The van der Waals surface area contributed by atoms with Crippen molar-refractivity contribution in [1.29, 1.82) is 0 Å². The maximum absolute atomic E-state index is 11.3. The number of amides is 2. The van der Waals surface area contributed by atoms with E-state index in [1.807, 2.05) is 11.8 Å². The number of carbonyl (C=O) groups is 1. The summed E-state index contributed by atoms with van der Waals surface area (Å²) in [6.45, 7) is 1.82. The van der Waals surface area contributed by atoms with Crippen LogP contribution in [0.2, 0.25) is 0 Å². The van der Waals surface area contributed by atoms with Crippen LogP contribution in [0.4, 0.5) is 4.79 Å². The van der Waals surface area contributed by atoms with Gasteiger partial charge in [0.25, 0.3) is 0 Å². The number of hydrogen-bond donors (Lipinski definition) is 3. The lowest BCUT2D eigenvalue weighted by molar-refractivity contribution is 0.230. The minimum Gasteiger partial charge on any atom is -0.333 e. The molecule has 0 aromatic carbocycles. The van der Waals surface area contributed by atoms with Crippen LogP contribution in [-0.2, 0) is 0 Å². The molecule has 2 amide bonds. The third kappa shape index (κ3) is 2.51. The highest BCUT2D eigenvalue weighted by Gasteiger charge is 2.21. The molecule has 2 aliphatic heterocycles. The first-order valence-electron chi connectivity index (χ1n) is 4.74. The van der Waals surface area contributed by atoms with E-state index in [4.69, 9.17) is 0 Å². The molecule has 74 valence electrons. The van der Waals surface area contributed by atoms with Crippen molar-refractivity contribution < 1.29 is 4.79 Å². The molecule has 0 spiro atoms. The molecular formula is C8H15N3OS. The third-order valence-corrected chi connectivity index (χ3v) is 3.62. The minimum atomic E-state index is -0.00843. The lowest BCUT2D eigenvalue weighted by atomic mass is 10.2.